The van der Waals surface area contributed by atoms with Crippen LogP contribution in [0.4, 0.5) is 11.4 Å². The van der Waals surface area contributed by atoms with Crippen LogP contribution in [0.5, 0.6) is 0 Å². The van der Waals surface area contributed by atoms with E-state index in [2.05, 4.69) is 17.2 Å². The minimum Gasteiger partial charge on any atom is -0.326 e. The predicted octanol–water partition coefficient (Wildman–Crippen LogP) is 3.38. The molecule has 0 spiro atoms. The molecule has 0 aromatic heterocycles. The quantitative estimate of drug-likeness (QED) is 0.519. The van der Waals surface area contributed by atoms with Gasteiger partial charge in [0.05, 0.1) is 0 Å². The van der Waals surface area contributed by atoms with Crippen molar-refractivity contribution in [3.05, 3.63) is 54.6 Å². The molecule has 0 radical (unpaired) electrons. The van der Waals surface area contributed by atoms with Crippen molar-refractivity contribution in [2.24, 2.45) is 0 Å². The Balaban J connectivity index is 2.53. The maximum Gasteiger partial charge on any atom is 0.295 e. The number of hydrogen-bond donors (Lipinski definition) is 3. The molecule has 2 amide bonds. The standard InChI is InChI=1S/C19H20N2O5S/c1-4-18(22)20-13-6-8-15(12(3)10-13)16-9-7-14(21-19(23)5-2)11-17(16)27(24,25)26/h5-11H,2,4H2,1,3H3,(H,20,22)(H,21,23)(H,24,25,26). The normalized spacial score (nSPS) is 10.9. The van der Waals surface area contributed by atoms with Crippen LogP contribution in [0.15, 0.2) is 53.9 Å². The highest BCUT2D eigenvalue weighted by atomic mass is 32.2. The van der Waals surface area contributed by atoms with E-state index in [9.17, 15) is 22.6 Å². The van der Waals surface area contributed by atoms with Crippen LogP contribution < -0.4 is 10.6 Å². The Morgan fingerprint density at radius 1 is 1.07 bits per heavy atom. The first-order chi connectivity index (χ1) is 12.7. The van der Waals surface area contributed by atoms with Gasteiger partial charge in [-0.15, -0.1) is 0 Å². The fraction of sp³-hybridized carbons (Fsp3) is 0.158. The monoisotopic (exact) mass is 388 g/mol. The van der Waals surface area contributed by atoms with Gasteiger partial charge in [0.1, 0.15) is 4.90 Å². The Morgan fingerprint density at radius 2 is 1.67 bits per heavy atom. The zero-order valence-electron chi connectivity index (χ0n) is 14.9. The molecule has 0 saturated carbocycles. The van der Waals surface area contributed by atoms with Gasteiger partial charge in [-0.1, -0.05) is 25.6 Å². The van der Waals surface area contributed by atoms with Crippen LogP contribution in [-0.4, -0.2) is 24.8 Å². The van der Waals surface area contributed by atoms with Crippen molar-refractivity contribution in [2.75, 3.05) is 10.6 Å². The van der Waals surface area contributed by atoms with Crippen molar-refractivity contribution < 1.29 is 22.6 Å². The molecule has 0 aliphatic carbocycles. The van der Waals surface area contributed by atoms with E-state index < -0.39 is 16.0 Å². The molecule has 0 unspecified atom stereocenters. The molecule has 27 heavy (non-hydrogen) atoms. The van der Waals surface area contributed by atoms with Crippen molar-refractivity contribution in [1.29, 1.82) is 0 Å². The number of nitrogens with one attached hydrogen (secondary N) is 2. The van der Waals surface area contributed by atoms with Gasteiger partial charge in [0.15, 0.2) is 0 Å². The largest absolute Gasteiger partial charge is 0.326 e. The molecule has 0 saturated heterocycles. The molecule has 7 nitrogen and oxygen atoms in total. The summed E-state index contributed by atoms with van der Waals surface area (Å²) in [6.45, 7) is 6.83. The number of carbonyl (C=O) groups is 2. The first kappa shape index (κ1) is 20.3. The van der Waals surface area contributed by atoms with Gasteiger partial charge in [-0.05, 0) is 48.4 Å². The van der Waals surface area contributed by atoms with E-state index in [1.807, 2.05) is 0 Å². The smallest absolute Gasteiger partial charge is 0.295 e. The molecule has 8 heteroatoms. The van der Waals surface area contributed by atoms with Crippen LogP contribution in [0.25, 0.3) is 11.1 Å². The van der Waals surface area contributed by atoms with E-state index in [0.29, 0.717) is 23.2 Å². The van der Waals surface area contributed by atoms with E-state index in [1.165, 1.54) is 18.2 Å². The van der Waals surface area contributed by atoms with E-state index in [4.69, 9.17) is 0 Å². The highest BCUT2D eigenvalue weighted by molar-refractivity contribution is 7.86. The summed E-state index contributed by atoms with van der Waals surface area (Å²) in [5.74, 6) is -0.640. The minimum atomic E-state index is -4.54. The van der Waals surface area contributed by atoms with Gasteiger partial charge >= 0.3 is 0 Å². The molecule has 0 bridgehead atoms. The topological polar surface area (TPSA) is 113 Å². The average Bonchev–Trinajstić information content (AvgIpc) is 2.61. The Morgan fingerprint density at radius 3 is 2.19 bits per heavy atom. The second-order valence-electron chi connectivity index (χ2n) is 5.81. The van der Waals surface area contributed by atoms with Crippen LogP contribution >= 0.6 is 0 Å². The van der Waals surface area contributed by atoms with E-state index in [1.54, 1.807) is 32.0 Å². The van der Waals surface area contributed by atoms with Gasteiger partial charge in [0.2, 0.25) is 11.8 Å². The summed E-state index contributed by atoms with van der Waals surface area (Å²) in [4.78, 5) is 22.6. The molecule has 0 atom stereocenters. The van der Waals surface area contributed by atoms with Gasteiger partial charge in [0.25, 0.3) is 10.1 Å². The summed E-state index contributed by atoms with van der Waals surface area (Å²) in [5.41, 5.74) is 2.35. The van der Waals surface area contributed by atoms with Crippen molar-refractivity contribution in [1.82, 2.24) is 0 Å². The summed E-state index contributed by atoms with van der Waals surface area (Å²) in [5, 5.41) is 5.18. The van der Waals surface area contributed by atoms with Crippen molar-refractivity contribution >= 4 is 33.3 Å². The third-order valence-electron chi connectivity index (χ3n) is 3.83. The maximum absolute atomic E-state index is 11.9. The van der Waals surface area contributed by atoms with Gasteiger partial charge in [-0.3, -0.25) is 14.1 Å². The van der Waals surface area contributed by atoms with Crippen LogP contribution in [-0.2, 0) is 19.7 Å². The van der Waals surface area contributed by atoms with Gasteiger partial charge in [-0.2, -0.15) is 8.42 Å². The number of rotatable bonds is 6. The first-order valence-corrected chi connectivity index (χ1v) is 9.55. The predicted molar refractivity (Wildman–Crippen MR) is 104 cm³/mol. The molecule has 0 aliphatic heterocycles. The van der Waals surface area contributed by atoms with E-state index in [-0.39, 0.29) is 22.1 Å². The highest BCUT2D eigenvalue weighted by Gasteiger charge is 2.19. The molecule has 2 rings (SSSR count). The lowest BCUT2D eigenvalue weighted by atomic mass is 9.99. The zero-order valence-corrected chi connectivity index (χ0v) is 15.8. The van der Waals surface area contributed by atoms with E-state index in [0.717, 1.165) is 6.08 Å². The molecule has 2 aromatic rings. The third kappa shape index (κ3) is 5.02. The Labute approximate surface area is 157 Å². The lowest BCUT2D eigenvalue weighted by Crippen LogP contribution is -2.10. The van der Waals surface area contributed by atoms with Crippen molar-refractivity contribution in [3.63, 3.8) is 0 Å². The SMILES string of the molecule is C=CC(=O)Nc1ccc(-c2ccc(NC(=O)CC)cc2C)c(S(=O)(=O)O)c1. The van der Waals surface area contributed by atoms with Crippen molar-refractivity contribution in [3.8, 4) is 11.1 Å². The number of anilines is 2. The number of amides is 2. The first-order valence-electron chi connectivity index (χ1n) is 8.11. The maximum atomic E-state index is 11.9. The van der Waals surface area contributed by atoms with Crippen LogP contribution in [0.1, 0.15) is 18.9 Å². The molecule has 142 valence electrons. The fourth-order valence-corrected chi connectivity index (χ4v) is 3.25. The summed E-state index contributed by atoms with van der Waals surface area (Å²) < 4.78 is 33.4. The number of benzene rings is 2. The molecule has 2 aromatic carbocycles. The molecular formula is C19H20N2O5S. The fourth-order valence-electron chi connectivity index (χ4n) is 2.52. The van der Waals surface area contributed by atoms with Crippen LogP contribution in [0.3, 0.4) is 0 Å². The Hall–Kier alpha value is -2.97. The van der Waals surface area contributed by atoms with Gasteiger partial charge in [0, 0.05) is 23.4 Å². The lowest BCUT2D eigenvalue weighted by molar-refractivity contribution is -0.116. The van der Waals surface area contributed by atoms with Crippen LogP contribution in [0.2, 0.25) is 0 Å². The van der Waals surface area contributed by atoms with Crippen molar-refractivity contribution in [2.45, 2.75) is 25.2 Å². The Kier molecular flexibility index (Phi) is 6.14. The summed E-state index contributed by atoms with van der Waals surface area (Å²) >= 11 is 0. The molecule has 3 N–H and O–H groups in total. The summed E-state index contributed by atoms with van der Waals surface area (Å²) in [6, 6.07) is 9.22. The van der Waals surface area contributed by atoms with Gasteiger partial charge < -0.3 is 10.6 Å². The molecule has 0 fully saturated rings. The molecule has 0 heterocycles. The third-order valence-corrected chi connectivity index (χ3v) is 4.73. The van der Waals surface area contributed by atoms with E-state index >= 15 is 0 Å². The Bertz CT molecular complexity index is 1010. The molecule has 0 aliphatic rings. The average molecular weight is 388 g/mol. The van der Waals surface area contributed by atoms with Crippen LogP contribution in [0, 0.1) is 6.92 Å². The zero-order chi connectivity index (χ0) is 20.2. The number of aryl methyl sites for hydroxylation is 1. The number of hydrogen-bond acceptors (Lipinski definition) is 4. The van der Waals surface area contributed by atoms with Gasteiger partial charge in [-0.25, -0.2) is 0 Å². The molecular weight excluding hydrogens is 368 g/mol. The lowest BCUT2D eigenvalue weighted by Gasteiger charge is -2.14. The number of carbonyl (C=O) groups excluding carboxylic acids is 2. The summed E-state index contributed by atoms with van der Waals surface area (Å²) in [7, 11) is -4.54. The minimum absolute atomic E-state index is 0.136. The highest BCUT2D eigenvalue weighted by Crippen LogP contribution is 2.33. The second kappa shape index (κ2) is 8.15. The second-order valence-corrected chi connectivity index (χ2v) is 7.20. The summed E-state index contributed by atoms with van der Waals surface area (Å²) in [6.07, 6.45) is 1.39.